The summed E-state index contributed by atoms with van der Waals surface area (Å²) in [5.41, 5.74) is 0. The van der Waals surface area contributed by atoms with E-state index in [1.165, 1.54) is 0 Å². The van der Waals surface area contributed by atoms with Gasteiger partial charge < -0.3 is 24.4 Å². The third kappa shape index (κ3) is 15.9. The SMILES string of the molecule is OCCCN(CCOCCOO)CCOCCOCCO. The number of ether oxygens (including phenoxy) is 3. The molecule has 0 atom stereocenters. The molecule has 0 amide bonds. The molecule has 21 heavy (non-hydrogen) atoms. The first-order valence-corrected chi connectivity index (χ1v) is 7.28. The van der Waals surface area contributed by atoms with Gasteiger partial charge in [-0.05, 0) is 6.42 Å². The lowest BCUT2D eigenvalue weighted by atomic mass is 10.4. The van der Waals surface area contributed by atoms with Crippen molar-refractivity contribution < 1.29 is 34.6 Å². The minimum Gasteiger partial charge on any atom is -0.396 e. The van der Waals surface area contributed by atoms with Crippen LogP contribution in [0.4, 0.5) is 0 Å². The molecule has 0 aromatic carbocycles. The van der Waals surface area contributed by atoms with Crippen LogP contribution in [0.2, 0.25) is 0 Å². The van der Waals surface area contributed by atoms with Crippen molar-refractivity contribution in [1.82, 2.24) is 4.90 Å². The molecule has 0 bridgehead atoms. The van der Waals surface area contributed by atoms with Gasteiger partial charge in [-0.2, -0.15) is 0 Å². The lowest BCUT2D eigenvalue weighted by Crippen LogP contribution is -2.33. The van der Waals surface area contributed by atoms with Crippen molar-refractivity contribution in [3.8, 4) is 0 Å². The number of aliphatic hydroxyl groups excluding tert-OH is 2. The van der Waals surface area contributed by atoms with Crippen LogP contribution in [0.25, 0.3) is 0 Å². The Morgan fingerprint density at radius 2 is 1.19 bits per heavy atom. The van der Waals surface area contributed by atoms with Crippen LogP contribution in [0, 0.1) is 0 Å². The van der Waals surface area contributed by atoms with Gasteiger partial charge in [0.2, 0.25) is 0 Å². The van der Waals surface area contributed by atoms with Crippen LogP contribution in [0.3, 0.4) is 0 Å². The van der Waals surface area contributed by atoms with E-state index in [-0.39, 0.29) is 19.8 Å². The van der Waals surface area contributed by atoms with Crippen molar-refractivity contribution in [3.63, 3.8) is 0 Å². The van der Waals surface area contributed by atoms with E-state index in [4.69, 9.17) is 29.7 Å². The van der Waals surface area contributed by atoms with Crippen molar-refractivity contribution in [2.45, 2.75) is 6.42 Å². The Morgan fingerprint density at radius 1 is 0.619 bits per heavy atom. The number of hydrogen-bond donors (Lipinski definition) is 3. The Bertz CT molecular complexity index is 197. The summed E-state index contributed by atoms with van der Waals surface area (Å²) in [6, 6.07) is 0. The normalized spacial score (nSPS) is 11.4. The van der Waals surface area contributed by atoms with Crippen molar-refractivity contribution in [2.75, 3.05) is 79.1 Å². The molecule has 128 valence electrons. The fourth-order valence-corrected chi connectivity index (χ4v) is 1.60. The Labute approximate surface area is 126 Å². The summed E-state index contributed by atoms with van der Waals surface area (Å²) in [5.74, 6) is 0. The topological polar surface area (TPSA) is 101 Å². The monoisotopic (exact) mass is 311 g/mol. The highest BCUT2D eigenvalue weighted by Crippen LogP contribution is 1.93. The molecule has 0 aromatic heterocycles. The highest BCUT2D eigenvalue weighted by Gasteiger charge is 2.04. The zero-order chi connectivity index (χ0) is 15.6. The van der Waals surface area contributed by atoms with Gasteiger partial charge in [0.15, 0.2) is 0 Å². The minimum absolute atomic E-state index is 0.0241. The summed E-state index contributed by atoms with van der Waals surface area (Å²) in [7, 11) is 0. The maximum atomic E-state index is 8.88. The van der Waals surface area contributed by atoms with Gasteiger partial charge in [-0.25, -0.2) is 4.89 Å². The molecule has 0 fully saturated rings. The Hall–Kier alpha value is -0.320. The van der Waals surface area contributed by atoms with Gasteiger partial charge in [0.05, 0.1) is 46.2 Å². The van der Waals surface area contributed by atoms with Gasteiger partial charge in [-0.15, -0.1) is 0 Å². The van der Waals surface area contributed by atoms with Gasteiger partial charge in [0.25, 0.3) is 0 Å². The first kappa shape index (κ1) is 20.7. The molecule has 0 radical (unpaired) electrons. The first-order valence-electron chi connectivity index (χ1n) is 7.28. The van der Waals surface area contributed by atoms with Crippen molar-refractivity contribution >= 4 is 0 Å². The molecule has 0 heterocycles. The smallest absolute Gasteiger partial charge is 0.105 e. The number of rotatable bonds is 17. The van der Waals surface area contributed by atoms with E-state index < -0.39 is 0 Å². The molecule has 0 saturated heterocycles. The van der Waals surface area contributed by atoms with Crippen LogP contribution >= 0.6 is 0 Å². The molecule has 0 rings (SSSR count). The molecular formula is C13H29NO7. The summed E-state index contributed by atoms with van der Waals surface area (Å²) in [6.07, 6.45) is 0.708. The molecule has 3 N–H and O–H groups in total. The van der Waals surface area contributed by atoms with Gasteiger partial charge >= 0.3 is 0 Å². The quantitative estimate of drug-likeness (QED) is 0.182. The standard InChI is InChI=1S/C13H29NO7/c15-5-1-2-14(4-8-19-12-13-21-17)3-7-18-10-11-20-9-6-16/h15-17H,1-13H2. The maximum Gasteiger partial charge on any atom is 0.105 e. The van der Waals surface area contributed by atoms with Crippen LogP contribution in [0.15, 0.2) is 0 Å². The molecule has 0 aliphatic carbocycles. The van der Waals surface area contributed by atoms with E-state index in [9.17, 15) is 0 Å². The Morgan fingerprint density at radius 3 is 1.71 bits per heavy atom. The zero-order valence-electron chi connectivity index (χ0n) is 12.6. The largest absolute Gasteiger partial charge is 0.396 e. The molecule has 0 spiro atoms. The second kappa shape index (κ2) is 17.7. The molecule has 0 aromatic rings. The average Bonchev–Trinajstić information content (AvgIpc) is 2.50. The second-order valence-corrected chi connectivity index (χ2v) is 4.31. The van der Waals surface area contributed by atoms with Gasteiger partial charge in [-0.3, -0.25) is 10.2 Å². The minimum atomic E-state index is 0.0241. The van der Waals surface area contributed by atoms with E-state index in [0.717, 1.165) is 19.6 Å². The fourth-order valence-electron chi connectivity index (χ4n) is 1.60. The fraction of sp³-hybridized carbons (Fsp3) is 1.00. The summed E-state index contributed by atoms with van der Waals surface area (Å²) in [6.45, 7) is 5.37. The molecule has 0 unspecified atom stereocenters. The van der Waals surface area contributed by atoms with Crippen LogP contribution < -0.4 is 0 Å². The molecule has 0 aliphatic rings. The summed E-state index contributed by atoms with van der Waals surface area (Å²) < 4.78 is 15.8. The predicted octanol–water partition coefficient (Wildman–Crippen LogP) is -0.797. The number of hydrogen-bond acceptors (Lipinski definition) is 8. The zero-order valence-corrected chi connectivity index (χ0v) is 12.6. The molecule has 0 saturated carbocycles. The lowest BCUT2D eigenvalue weighted by Gasteiger charge is -2.21. The van der Waals surface area contributed by atoms with E-state index in [0.29, 0.717) is 46.1 Å². The van der Waals surface area contributed by atoms with E-state index in [2.05, 4.69) is 9.79 Å². The van der Waals surface area contributed by atoms with E-state index in [1.54, 1.807) is 0 Å². The van der Waals surface area contributed by atoms with Gasteiger partial charge in [0.1, 0.15) is 6.61 Å². The Kier molecular flexibility index (Phi) is 17.5. The number of aliphatic hydroxyl groups is 2. The molecular weight excluding hydrogens is 282 g/mol. The van der Waals surface area contributed by atoms with Crippen LogP contribution in [0.1, 0.15) is 6.42 Å². The molecule has 8 nitrogen and oxygen atoms in total. The van der Waals surface area contributed by atoms with Crippen LogP contribution in [-0.2, 0) is 19.1 Å². The van der Waals surface area contributed by atoms with Crippen LogP contribution in [0.5, 0.6) is 0 Å². The van der Waals surface area contributed by atoms with E-state index in [1.807, 2.05) is 0 Å². The van der Waals surface area contributed by atoms with Gasteiger partial charge in [0, 0.05) is 26.2 Å². The summed E-state index contributed by atoms with van der Waals surface area (Å²) in [4.78, 5) is 6.06. The maximum absolute atomic E-state index is 8.88. The Balaban J connectivity index is 3.55. The third-order valence-corrected chi connectivity index (χ3v) is 2.66. The molecule has 8 heteroatoms. The summed E-state index contributed by atoms with van der Waals surface area (Å²) >= 11 is 0. The van der Waals surface area contributed by atoms with Crippen molar-refractivity contribution in [1.29, 1.82) is 0 Å². The average molecular weight is 311 g/mol. The van der Waals surface area contributed by atoms with Crippen LogP contribution in [-0.4, -0.2) is 99.5 Å². The van der Waals surface area contributed by atoms with Crippen molar-refractivity contribution in [3.05, 3.63) is 0 Å². The first-order chi connectivity index (χ1) is 10.3. The lowest BCUT2D eigenvalue weighted by molar-refractivity contribution is -0.249. The van der Waals surface area contributed by atoms with Gasteiger partial charge in [-0.1, -0.05) is 0 Å². The molecule has 0 aliphatic heterocycles. The highest BCUT2D eigenvalue weighted by atomic mass is 17.1. The second-order valence-electron chi connectivity index (χ2n) is 4.31. The van der Waals surface area contributed by atoms with Crippen molar-refractivity contribution in [2.24, 2.45) is 0 Å². The third-order valence-electron chi connectivity index (χ3n) is 2.66. The number of nitrogens with zero attached hydrogens (tertiary/aromatic N) is 1. The summed E-state index contributed by atoms with van der Waals surface area (Å²) in [5, 5.41) is 25.6. The van der Waals surface area contributed by atoms with E-state index >= 15 is 0 Å². The predicted molar refractivity (Wildman–Crippen MR) is 76.3 cm³/mol. The highest BCUT2D eigenvalue weighted by molar-refractivity contribution is 4.57.